The first-order valence-corrected chi connectivity index (χ1v) is 3.21. The molecule has 10 heavy (non-hydrogen) atoms. The minimum absolute atomic E-state index is 0.0116. The van der Waals surface area contributed by atoms with Crippen molar-refractivity contribution < 1.29 is 4.79 Å². The summed E-state index contributed by atoms with van der Waals surface area (Å²) in [4.78, 5) is 12.6. The molecule has 2 N–H and O–H groups in total. The van der Waals surface area contributed by atoms with E-state index in [0.29, 0.717) is 5.70 Å². The molecule has 1 aliphatic rings. The summed E-state index contributed by atoms with van der Waals surface area (Å²) in [5.74, 6) is -0.0116. The largest absolute Gasteiger partial charge is 0.400 e. The molecule has 3 heteroatoms. The highest BCUT2D eigenvalue weighted by Crippen LogP contribution is 2.24. The predicted octanol–water partition coefficient (Wildman–Crippen LogP) is 0.0796. The van der Waals surface area contributed by atoms with Crippen molar-refractivity contribution >= 4 is 5.91 Å². The molecule has 0 saturated heterocycles. The van der Waals surface area contributed by atoms with Crippen molar-refractivity contribution in [2.24, 2.45) is 5.73 Å². The van der Waals surface area contributed by atoms with E-state index in [0.717, 1.165) is 0 Å². The fraction of sp³-hybridized carbons (Fsp3) is 0.571. The van der Waals surface area contributed by atoms with Gasteiger partial charge in [0.1, 0.15) is 0 Å². The van der Waals surface area contributed by atoms with E-state index in [1.54, 1.807) is 11.9 Å². The van der Waals surface area contributed by atoms with Gasteiger partial charge in [0.05, 0.1) is 5.54 Å². The van der Waals surface area contributed by atoms with Crippen LogP contribution in [0.25, 0.3) is 0 Å². The van der Waals surface area contributed by atoms with E-state index in [1.807, 2.05) is 13.8 Å². The average molecular weight is 140 g/mol. The van der Waals surface area contributed by atoms with Crippen LogP contribution in [0.2, 0.25) is 0 Å². The molecule has 0 aromatic carbocycles. The molecule has 56 valence electrons. The van der Waals surface area contributed by atoms with Crippen LogP contribution in [0.15, 0.2) is 11.8 Å². The Kier molecular flexibility index (Phi) is 1.24. The molecular formula is C7H12N2O. The van der Waals surface area contributed by atoms with Crippen LogP contribution in [0.5, 0.6) is 0 Å². The molecule has 1 amide bonds. The predicted molar refractivity (Wildman–Crippen MR) is 39.1 cm³/mol. The van der Waals surface area contributed by atoms with Crippen molar-refractivity contribution in [3.05, 3.63) is 11.8 Å². The number of hydrogen-bond donors (Lipinski definition) is 1. The van der Waals surface area contributed by atoms with Gasteiger partial charge in [0.15, 0.2) is 0 Å². The lowest BCUT2D eigenvalue weighted by Gasteiger charge is -2.29. The van der Waals surface area contributed by atoms with Gasteiger partial charge in [-0.15, -0.1) is 0 Å². The summed E-state index contributed by atoms with van der Waals surface area (Å²) in [6.07, 6.45) is 1.47. The third kappa shape index (κ3) is 0.701. The first-order valence-electron chi connectivity index (χ1n) is 3.21. The highest BCUT2D eigenvalue weighted by Gasteiger charge is 2.35. The quantitative estimate of drug-likeness (QED) is 0.518. The molecule has 1 aliphatic heterocycles. The molecule has 1 heterocycles. The summed E-state index contributed by atoms with van der Waals surface area (Å²) in [7, 11) is 1.75. The van der Waals surface area contributed by atoms with E-state index in [1.165, 1.54) is 6.08 Å². The van der Waals surface area contributed by atoms with Gasteiger partial charge in [-0.25, -0.2) is 0 Å². The maximum Gasteiger partial charge on any atom is 0.248 e. The van der Waals surface area contributed by atoms with Gasteiger partial charge >= 0.3 is 0 Å². The second-order valence-corrected chi connectivity index (χ2v) is 3.06. The number of carbonyl (C=O) groups excluding carboxylic acids is 1. The Labute approximate surface area is 60.5 Å². The molecule has 0 spiro atoms. The molecular weight excluding hydrogens is 128 g/mol. The van der Waals surface area contributed by atoms with Gasteiger partial charge in [-0.05, 0) is 13.8 Å². The second-order valence-electron chi connectivity index (χ2n) is 3.06. The Bertz CT molecular complexity index is 206. The zero-order valence-electron chi connectivity index (χ0n) is 6.51. The first-order chi connectivity index (χ1) is 4.46. The number of nitrogens with two attached hydrogens (primary N) is 1. The molecule has 0 atom stereocenters. The molecule has 0 aromatic rings. The lowest BCUT2D eigenvalue weighted by Crippen LogP contribution is -2.42. The summed E-state index contributed by atoms with van der Waals surface area (Å²) in [5, 5.41) is 0. The number of rotatable bonds is 0. The highest BCUT2D eigenvalue weighted by molar-refractivity contribution is 5.92. The van der Waals surface area contributed by atoms with E-state index >= 15 is 0 Å². The molecule has 0 fully saturated rings. The van der Waals surface area contributed by atoms with Crippen LogP contribution in [0.1, 0.15) is 13.8 Å². The number of carbonyl (C=O) groups is 1. The average Bonchev–Trinajstić information content (AvgIpc) is 1.97. The molecule has 1 rings (SSSR count). The van der Waals surface area contributed by atoms with E-state index in [4.69, 9.17) is 5.73 Å². The third-order valence-electron chi connectivity index (χ3n) is 2.15. The smallest absolute Gasteiger partial charge is 0.248 e. The molecule has 0 aromatic heterocycles. The van der Waals surface area contributed by atoms with Crippen molar-refractivity contribution in [3.8, 4) is 0 Å². The molecule has 3 nitrogen and oxygen atoms in total. The maximum absolute atomic E-state index is 11.0. The molecule has 0 aliphatic carbocycles. The van der Waals surface area contributed by atoms with Crippen molar-refractivity contribution in [2.45, 2.75) is 19.4 Å². The monoisotopic (exact) mass is 140 g/mol. The van der Waals surface area contributed by atoms with Crippen molar-refractivity contribution in [1.29, 1.82) is 0 Å². The van der Waals surface area contributed by atoms with Crippen LogP contribution < -0.4 is 5.73 Å². The number of likely N-dealkylation sites (N-methyl/N-ethyl adjacent to an activating group) is 1. The summed E-state index contributed by atoms with van der Waals surface area (Å²) in [6.45, 7) is 3.84. The van der Waals surface area contributed by atoms with Crippen LogP contribution in [0, 0.1) is 0 Å². The van der Waals surface area contributed by atoms with Gasteiger partial charge in [0, 0.05) is 18.8 Å². The van der Waals surface area contributed by atoms with Gasteiger partial charge in [0.25, 0.3) is 0 Å². The Morgan fingerprint density at radius 1 is 1.60 bits per heavy atom. The number of hydrogen-bond acceptors (Lipinski definition) is 2. The van der Waals surface area contributed by atoms with E-state index in [2.05, 4.69) is 0 Å². The lowest BCUT2D eigenvalue weighted by atomic mass is 10.0. The van der Waals surface area contributed by atoms with Crippen molar-refractivity contribution in [2.75, 3.05) is 7.05 Å². The van der Waals surface area contributed by atoms with Crippen molar-refractivity contribution in [1.82, 2.24) is 4.90 Å². The van der Waals surface area contributed by atoms with Crippen LogP contribution in [0.3, 0.4) is 0 Å². The minimum Gasteiger partial charge on any atom is -0.400 e. The normalized spacial score (nSPS) is 23.3. The summed E-state index contributed by atoms with van der Waals surface area (Å²) in [5.41, 5.74) is 5.94. The maximum atomic E-state index is 11.0. The first kappa shape index (κ1) is 7.12. The molecule has 0 radical (unpaired) electrons. The fourth-order valence-corrected chi connectivity index (χ4v) is 0.876. The van der Waals surface area contributed by atoms with E-state index in [-0.39, 0.29) is 11.4 Å². The van der Waals surface area contributed by atoms with Gasteiger partial charge < -0.3 is 10.6 Å². The van der Waals surface area contributed by atoms with Crippen molar-refractivity contribution in [3.63, 3.8) is 0 Å². The highest BCUT2D eigenvalue weighted by atomic mass is 16.2. The van der Waals surface area contributed by atoms with Crippen LogP contribution >= 0.6 is 0 Å². The molecule has 0 unspecified atom stereocenters. The van der Waals surface area contributed by atoms with Crippen LogP contribution in [0.4, 0.5) is 0 Å². The minimum atomic E-state index is -0.295. The fourth-order valence-electron chi connectivity index (χ4n) is 0.876. The number of amides is 1. The van der Waals surface area contributed by atoms with Gasteiger partial charge in [-0.1, -0.05) is 0 Å². The topological polar surface area (TPSA) is 46.3 Å². The Hall–Kier alpha value is -0.990. The second kappa shape index (κ2) is 1.75. The Balaban J connectivity index is 3.00. The SMILES string of the molecule is CN1C(=O)C=C(N)C1(C)C. The van der Waals surface area contributed by atoms with Gasteiger partial charge in [0.2, 0.25) is 5.91 Å². The summed E-state index contributed by atoms with van der Waals surface area (Å²) < 4.78 is 0. The Morgan fingerprint density at radius 3 is 2.20 bits per heavy atom. The van der Waals surface area contributed by atoms with Crippen LogP contribution in [-0.2, 0) is 4.79 Å². The van der Waals surface area contributed by atoms with Gasteiger partial charge in [-0.2, -0.15) is 0 Å². The van der Waals surface area contributed by atoms with Gasteiger partial charge in [-0.3, -0.25) is 4.79 Å². The van der Waals surface area contributed by atoms with E-state index in [9.17, 15) is 4.79 Å². The van der Waals surface area contributed by atoms with E-state index < -0.39 is 0 Å². The zero-order chi connectivity index (χ0) is 7.94. The van der Waals surface area contributed by atoms with Crippen LogP contribution in [-0.4, -0.2) is 23.4 Å². The number of nitrogens with zero attached hydrogens (tertiary/aromatic N) is 1. The lowest BCUT2D eigenvalue weighted by molar-refractivity contribution is -0.126. The summed E-state index contributed by atoms with van der Waals surface area (Å²) >= 11 is 0. The summed E-state index contributed by atoms with van der Waals surface area (Å²) in [6, 6.07) is 0. The molecule has 0 bridgehead atoms. The Morgan fingerprint density at radius 2 is 2.10 bits per heavy atom. The zero-order valence-corrected chi connectivity index (χ0v) is 6.51. The molecule has 0 saturated carbocycles. The third-order valence-corrected chi connectivity index (χ3v) is 2.15. The standard InChI is InChI=1S/C7H12N2O/c1-7(2)5(8)4-6(10)9(7)3/h4H,8H2,1-3H3.